The lowest BCUT2D eigenvalue weighted by atomic mass is 9.87. The number of benzene rings is 1. The minimum absolute atomic E-state index is 0.0808. The van der Waals surface area contributed by atoms with Crippen molar-refractivity contribution in [1.82, 2.24) is 0 Å². The molecule has 1 saturated carbocycles. The van der Waals surface area contributed by atoms with Gasteiger partial charge in [-0.2, -0.15) is 0 Å². The minimum Gasteiger partial charge on any atom is -0.493 e. The number of aliphatic carboxylic acids is 1. The maximum Gasteiger partial charge on any atom is 0.303 e. The van der Waals surface area contributed by atoms with Gasteiger partial charge in [-0.15, -0.1) is 0 Å². The van der Waals surface area contributed by atoms with Gasteiger partial charge in [0.2, 0.25) is 0 Å². The van der Waals surface area contributed by atoms with Gasteiger partial charge >= 0.3 is 5.97 Å². The maximum atomic E-state index is 11.0. The second-order valence-electron chi connectivity index (χ2n) is 5.06. The van der Waals surface area contributed by atoms with Crippen LogP contribution in [0, 0.1) is 12.8 Å². The SMILES string of the molecule is COc1ccc(C(CC(=O)O)C2CC2)c(C)c1OC. The average molecular weight is 264 g/mol. The summed E-state index contributed by atoms with van der Waals surface area (Å²) in [7, 11) is 3.21. The largest absolute Gasteiger partial charge is 0.493 e. The standard InChI is InChI=1S/C15H20O4/c1-9-11(6-7-13(18-2)15(9)19-3)12(8-14(16)17)10-4-5-10/h6-7,10,12H,4-5,8H2,1-3H3,(H,16,17). The predicted octanol–water partition coefficient (Wildman–Crippen LogP) is 2.98. The van der Waals surface area contributed by atoms with E-state index in [0.717, 1.165) is 24.0 Å². The van der Waals surface area contributed by atoms with Gasteiger partial charge in [0.25, 0.3) is 0 Å². The van der Waals surface area contributed by atoms with E-state index in [4.69, 9.17) is 14.6 Å². The molecule has 2 rings (SSSR count). The lowest BCUT2D eigenvalue weighted by Gasteiger charge is -2.20. The lowest BCUT2D eigenvalue weighted by Crippen LogP contribution is -2.10. The summed E-state index contributed by atoms with van der Waals surface area (Å²) in [6.07, 6.45) is 2.42. The molecule has 0 saturated heterocycles. The summed E-state index contributed by atoms with van der Waals surface area (Å²) in [5.41, 5.74) is 2.06. The van der Waals surface area contributed by atoms with Crippen molar-refractivity contribution < 1.29 is 19.4 Å². The third-order valence-electron chi connectivity index (χ3n) is 3.82. The normalized spacial score (nSPS) is 15.9. The van der Waals surface area contributed by atoms with Gasteiger partial charge in [0, 0.05) is 0 Å². The molecule has 1 aromatic carbocycles. The van der Waals surface area contributed by atoms with Crippen molar-refractivity contribution in [2.24, 2.45) is 5.92 Å². The van der Waals surface area contributed by atoms with E-state index in [0.29, 0.717) is 17.4 Å². The molecule has 4 nitrogen and oxygen atoms in total. The quantitative estimate of drug-likeness (QED) is 0.858. The molecule has 104 valence electrons. The third-order valence-corrected chi connectivity index (χ3v) is 3.82. The fourth-order valence-electron chi connectivity index (χ4n) is 2.72. The van der Waals surface area contributed by atoms with E-state index in [-0.39, 0.29) is 12.3 Å². The van der Waals surface area contributed by atoms with Crippen LogP contribution in [0.15, 0.2) is 12.1 Å². The van der Waals surface area contributed by atoms with Crippen molar-refractivity contribution in [3.8, 4) is 11.5 Å². The van der Waals surface area contributed by atoms with Gasteiger partial charge in [0.1, 0.15) is 0 Å². The molecule has 1 atom stereocenters. The summed E-state index contributed by atoms with van der Waals surface area (Å²) in [5.74, 6) is 1.22. The number of hydrogen-bond donors (Lipinski definition) is 1. The van der Waals surface area contributed by atoms with Gasteiger partial charge in [0.15, 0.2) is 11.5 Å². The minimum atomic E-state index is -0.744. The number of carboxylic acids is 1. The van der Waals surface area contributed by atoms with Crippen LogP contribution in [-0.4, -0.2) is 25.3 Å². The third kappa shape index (κ3) is 2.83. The van der Waals surface area contributed by atoms with E-state index in [2.05, 4.69) is 0 Å². The molecule has 1 unspecified atom stereocenters. The summed E-state index contributed by atoms with van der Waals surface area (Å²) in [4.78, 5) is 11.0. The van der Waals surface area contributed by atoms with Crippen LogP contribution in [0.3, 0.4) is 0 Å². The second-order valence-corrected chi connectivity index (χ2v) is 5.06. The van der Waals surface area contributed by atoms with Crippen molar-refractivity contribution in [1.29, 1.82) is 0 Å². The Balaban J connectivity index is 2.39. The van der Waals surface area contributed by atoms with Crippen LogP contribution in [-0.2, 0) is 4.79 Å². The fraction of sp³-hybridized carbons (Fsp3) is 0.533. The van der Waals surface area contributed by atoms with Crippen LogP contribution in [0.25, 0.3) is 0 Å². The van der Waals surface area contributed by atoms with Gasteiger partial charge in [0.05, 0.1) is 20.6 Å². The smallest absolute Gasteiger partial charge is 0.303 e. The molecule has 0 radical (unpaired) electrons. The Hall–Kier alpha value is -1.71. The number of carboxylic acid groups (broad SMARTS) is 1. The van der Waals surface area contributed by atoms with E-state index in [1.165, 1.54) is 0 Å². The first-order chi connectivity index (χ1) is 9.08. The number of ether oxygens (including phenoxy) is 2. The molecule has 0 spiro atoms. The zero-order chi connectivity index (χ0) is 14.0. The van der Waals surface area contributed by atoms with Crippen molar-refractivity contribution >= 4 is 5.97 Å². The summed E-state index contributed by atoms with van der Waals surface area (Å²) in [6, 6.07) is 3.83. The van der Waals surface area contributed by atoms with E-state index < -0.39 is 5.97 Å². The average Bonchev–Trinajstić information content (AvgIpc) is 3.19. The molecule has 0 aromatic heterocycles. The van der Waals surface area contributed by atoms with Crippen molar-refractivity contribution in [3.63, 3.8) is 0 Å². The fourth-order valence-corrected chi connectivity index (χ4v) is 2.72. The van der Waals surface area contributed by atoms with Gasteiger partial charge in [-0.1, -0.05) is 6.07 Å². The Morgan fingerprint density at radius 1 is 1.37 bits per heavy atom. The summed E-state index contributed by atoms with van der Waals surface area (Å²) >= 11 is 0. The highest BCUT2D eigenvalue weighted by Crippen LogP contribution is 2.47. The number of rotatable bonds is 6. The highest BCUT2D eigenvalue weighted by Gasteiger charge is 2.35. The van der Waals surface area contributed by atoms with Crippen LogP contribution >= 0.6 is 0 Å². The highest BCUT2D eigenvalue weighted by atomic mass is 16.5. The van der Waals surface area contributed by atoms with E-state index >= 15 is 0 Å². The van der Waals surface area contributed by atoms with Crippen LogP contribution in [0.4, 0.5) is 0 Å². The Kier molecular flexibility index (Phi) is 3.98. The molecule has 0 bridgehead atoms. The Bertz CT molecular complexity index is 477. The first kappa shape index (κ1) is 13.7. The van der Waals surface area contributed by atoms with Crippen LogP contribution in [0.2, 0.25) is 0 Å². The van der Waals surface area contributed by atoms with E-state index in [1.807, 2.05) is 19.1 Å². The Morgan fingerprint density at radius 3 is 2.53 bits per heavy atom. The molecule has 1 fully saturated rings. The van der Waals surface area contributed by atoms with Crippen LogP contribution in [0.1, 0.15) is 36.3 Å². The molecular formula is C15H20O4. The topological polar surface area (TPSA) is 55.8 Å². The number of methoxy groups -OCH3 is 2. The van der Waals surface area contributed by atoms with Gasteiger partial charge < -0.3 is 14.6 Å². The highest BCUT2D eigenvalue weighted by molar-refractivity contribution is 5.68. The zero-order valence-corrected chi connectivity index (χ0v) is 11.6. The summed E-state index contributed by atoms with van der Waals surface area (Å²) < 4.78 is 10.7. The molecular weight excluding hydrogens is 244 g/mol. The summed E-state index contributed by atoms with van der Waals surface area (Å²) in [6.45, 7) is 1.97. The van der Waals surface area contributed by atoms with E-state index in [9.17, 15) is 4.79 Å². The molecule has 1 N–H and O–H groups in total. The Labute approximate surface area is 113 Å². The van der Waals surface area contributed by atoms with Gasteiger partial charge in [-0.25, -0.2) is 0 Å². The monoisotopic (exact) mass is 264 g/mol. The molecule has 19 heavy (non-hydrogen) atoms. The second kappa shape index (κ2) is 5.51. The van der Waals surface area contributed by atoms with Crippen molar-refractivity contribution in [2.45, 2.75) is 32.1 Å². The van der Waals surface area contributed by atoms with Gasteiger partial charge in [-0.3, -0.25) is 4.79 Å². The first-order valence-electron chi connectivity index (χ1n) is 6.51. The van der Waals surface area contributed by atoms with E-state index in [1.54, 1.807) is 14.2 Å². The first-order valence-corrected chi connectivity index (χ1v) is 6.51. The molecule has 0 aliphatic heterocycles. The zero-order valence-electron chi connectivity index (χ0n) is 11.6. The Morgan fingerprint density at radius 2 is 2.05 bits per heavy atom. The molecule has 1 aliphatic carbocycles. The molecule has 0 amide bonds. The molecule has 1 aliphatic rings. The maximum absolute atomic E-state index is 11.0. The van der Waals surface area contributed by atoms with Crippen molar-refractivity contribution in [3.05, 3.63) is 23.3 Å². The van der Waals surface area contributed by atoms with Crippen molar-refractivity contribution in [2.75, 3.05) is 14.2 Å². The number of hydrogen-bond acceptors (Lipinski definition) is 3. The molecule has 0 heterocycles. The molecule has 4 heteroatoms. The van der Waals surface area contributed by atoms with Gasteiger partial charge in [-0.05, 0) is 48.8 Å². The number of carbonyl (C=O) groups is 1. The molecule has 1 aromatic rings. The van der Waals surface area contributed by atoms with Crippen LogP contribution in [0.5, 0.6) is 11.5 Å². The van der Waals surface area contributed by atoms with Crippen LogP contribution < -0.4 is 9.47 Å². The predicted molar refractivity (Wildman–Crippen MR) is 72.0 cm³/mol. The summed E-state index contributed by atoms with van der Waals surface area (Å²) in [5, 5.41) is 9.08. The lowest BCUT2D eigenvalue weighted by molar-refractivity contribution is -0.137.